The van der Waals surface area contributed by atoms with E-state index in [2.05, 4.69) is 15.3 Å². The van der Waals surface area contributed by atoms with Crippen LogP contribution in [0.25, 0.3) is 28.0 Å². The Labute approximate surface area is 183 Å². The molecule has 11 heteroatoms. The van der Waals surface area contributed by atoms with E-state index in [4.69, 9.17) is 0 Å². The van der Waals surface area contributed by atoms with Gasteiger partial charge in [-0.2, -0.15) is 4.98 Å². The molecule has 0 amide bonds. The number of aliphatic hydroxyl groups excluding tert-OH is 2. The maximum atomic E-state index is 14.6. The third kappa shape index (κ3) is 4.28. The number of aromatic nitrogens is 3. The Morgan fingerprint density at radius 2 is 1.55 bits per heavy atom. The monoisotopic (exact) mass is 460 g/mol. The van der Waals surface area contributed by atoms with Crippen molar-refractivity contribution in [1.82, 2.24) is 14.5 Å². The minimum absolute atomic E-state index is 0.0640. The molecular weight excluding hydrogens is 444 g/mol. The highest BCUT2D eigenvalue weighted by molar-refractivity contribution is 5.92. The summed E-state index contributed by atoms with van der Waals surface area (Å²) in [6.45, 7) is -1.02. The van der Waals surface area contributed by atoms with E-state index in [0.717, 1.165) is 34.9 Å². The normalized spacial score (nSPS) is 11.4. The zero-order chi connectivity index (χ0) is 23.7. The predicted molar refractivity (Wildman–Crippen MR) is 112 cm³/mol. The quantitative estimate of drug-likeness (QED) is 0.383. The van der Waals surface area contributed by atoms with Crippen molar-refractivity contribution >= 4 is 17.0 Å². The molecule has 2 aromatic carbocycles. The molecule has 2 heterocycles. The van der Waals surface area contributed by atoms with E-state index < -0.39 is 48.1 Å². The molecule has 170 valence electrons. The van der Waals surface area contributed by atoms with Crippen LogP contribution < -0.4 is 10.9 Å². The number of hydrogen-bond acceptors (Lipinski definition) is 6. The van der Waals surface area contributed by atoms with Gasteiger partial charge < -0.3 is 15.5 Å². The first-order valence-electron chi connectivity index (χ1n) is 9.65. The molecular formula is C22H16F4N4O3. The summed E-state index contributed by atoms with van der Waals surface area (Å²) in [7, 11) is 0. The molecule has 4 rings (SSSR count). The van der Waals surface area contributed by atoms with Crippen molar-refractivity contribution in [3.8, 4) is 16.9 Å². The van der Waals surface area contributed by atoms with Crippen molar-refractivity contribution in [2.45, 2.75) is 6.04 Å². The number of nitrogens with zero attached hydrogens (tertiary/aromatic N) is 3. The minimum atomic E-state index is -1.05. The Kier molecular flexibility index (Phi) is 6.07. The van der Waals surface area contributed by atoms with Gasteiger partial charge in [-0.05, 0) is 30.3 Å². The fourth-order valence-electron chi connectivity index (χ4n) is 3.29. The SMILES string of the molecule is O=c1ccc2c(-c3ccc(F)cc3F)nc(NC(CO)CO)nc2n1-c1ccc(F)cc1F. The summed E-state index contributed by atoms with van der Waals surface area (Å²) in [5, 5.41) is 21.5. The third-order valence-corrected chi connectivity index (χ3v) is 4.86. The topological polar surface area (TPSA) is 100 Å². The number of aliphatic hydroxyl groups is 2. The molecule has 0 aliphatic rings. The first kappa shape index (κ1) is 22.4. The summed E-state index contributed by atoms with van der Waals surface area (Å²) >= 11 is 0. The van der Waals surface area contributed by atoms with Crippen LogP contribution in [0.3, 0.4) is 0 Å². The summed E-state index contributed by atoms with van der Waals surface area (Å²) in [5.41, 5.74) is -1.40. The van der Waals surface area contributed by atoms with Gasteiger partial charge >= 0.3 is 0 Å². The molecule has 0 bridgehead atoms. The molecule has 7 nitrogen and oxygen atoms in total. The first-order chi connectivity index (χ1) is 15.8. The molecule has 3 N–H and O–H groups in total. The molecule has 0 unspecified atom stereocenters. The summed E-state index contributed by atoms with van der Waals surface area (Å²) in [6, 6.07) is 6.87. The second-order valence-electron chi connectivity index (χ2n) is 7.07. The van der Waals surface area contributed by atoms with Crippen molar-refractivity contribution in [3.05, 3.63) is 82.2 Å². The lowest BCUT2D eigenvalue weighted by atomic mass is 10.1. The summed E-state index contributed by atoms with van der Waals surface area (Å²) in [5.74, 6) is -3.90. The van der Waals surface area contributed by atoms with Crippen LogP contribution in [-0.4, -0.2) is 44.0 Å². The highest BCUT2D eigenvalue weighted by atomic mass is 19.1. The first-order valence-corrected chi connectivity index (χ1v) is 9.65. The molecule has 4 aromatic rings. The van der Waals surface area contributed by atoms with Crippen LogP contribution in [0.1, 0.15) is 0 Å². The fourth-order valence-corrected chi connectivity index (χ4v) is 3.29. The molecule has 0 spiro atoms. The lowest BCUT2D eigenvalue weighted by Crippen LogP contribution is -2.29. The molecule has 33 heavy (non-hydrogen) atoms. The Morgan fingerprint density at radius 3 is 2.18 bits per heavy atom. The summed E-state index contributed by atoms with van der Waals surface area (Å²) in [4.78, 5) is 21.1. The fraction of sp³-hybridized carbons (Fsp3) is 0.136. The van der Waals surface area contributed by atoms with Crippen LogP contribution in [0.4, 0.5) is 23.5 Å². The summed E-state index contributed by atoms with van der Waals surface area (Å²) in [6.07, 6.45) is 0. The maximum Gasteiger partial charge on any atom is 0.256 e. The van der Waals surface area contributed by atoms with Gasteiger partial charge in [0.1, 0.15) is 23.3 Å². The highest BCUT2D eigenvalue weighted by Gasteiger charge is 2.20. The molecule has 0 saturated heterocycles. The third-order valence-electron chi connectivity index (χ3n) is 4.86. The summed E-state index contributed by atoms with van der Waals surface area (Å²) < 4.78 is 57.0. The molecule has 0 fully saturated rings. The number of rotatable bonds is 6. The van der Waals surface area contributed by atoms with Crippen LogP contribution in [0.5, 0.6) is 0 Å². The molecule has 0 atom stereocenters. The van der Waals surface area contributed by atoms with Crippen LogP contribution in [0, 0.1) is 23.3 Å². The molecule has 0 radical (unpaired) electrons. The lowest BCUT2D eigenvalue weighted by Gasteiger charge is -2.17. The van der Waals surface area contributed by atoms with Crippen molar-refractivity contribution in [3.63, 3.8) is 0 Å². The van der Waals surface area contributed by atoms with Gasteiger partial charge in [-0.1, -0.05) is 0 Å². The maximum absolute atomic E-state index is 14.6. The van der Waals surface area contributed by atoms with Gasteiger partial charge in [-0.15, -0.1) is 0 Å². The van der Waals surface area contributed by atoms with Gasteiger partial charge in [-0.25, -0.2) is 22.5 Å². The van der Waals surface area contributed by atoms with E-state index in [9.17, 15) is 32.6 Å². The smallest absolute Gasteiger partial charge is 0.256 e. The Morgan fingerprint density at radius 1 is 0.879 bits per heavy atom. The van der Waals surface area contributed by atoms with E-state index >= 15 is 0 Å². The second kappa shape index (κ2) is 8.96. The highest BCUT2D eigenvalue weighted by Crippen LogP contribution is 2.30. The van der Waals surface area contributed by atoms with Gasteiger partial charge in [0.25, 0.3) is 5.56 Å². The van der Waals surface area contributed by atoms with Gasteiger partial charge in [0.05, 0.1) is 30.6 Å². The van der Waals surface area contributed by atoms with E-state index in [-0.39, 0.29) is 33.9 Å². The Balaban J connectivity index is 2.08. The Hall–Kier alpha value is -3.83. The van der Waals surface area contributed by atoms with Gasteiger partial charge in [-0.3, -0.25) is 9.36 Å². The largest absolute Gasteiger partial charge is 0.394 e. The Bertz CT molecular complexity index is 1410. The number of anilines is 1. The van der Waals surface area contributed by atoms with E-state index in [0.29, 0.717) is 12.1 Å². The molecule has 0 aliphatic carbocycles. The van der Waals surface area contributed by atoms with Crippen molar-refractivity contribution in [1.29, 1.82) is 0 Å². The number of fused-ring (bicyclic) bond motifs is 1. The average Bonchev–Trinajstić information content (AvgIpc) is 2.78. The van der Waals surface area contributed by atoms with Gasteiger partial charge in [0, 0.05) is 29.1 Å². The van der Waals surface area contributed by atoms with E-state index in [1.807, 2.05) is 0 Å². The number of nitrogens with one attached hydrogen (secondary N) is 1. The minimum Gasteiger partial charge on any atom is -0.394 e. The number of hydrogen-bond donors (Lipinski definition) is 3. The van der Waals surface area contributed by atoms with Crippen molar-refractivity contribution < 1.29 is 27.8 Å². The predicted octanol–water partition coefficient (Wildman–Crippen LogP) is 2.77. The van der Waals surface area contributed by atoms with Crippen molar-refractivity contribution in [2.24, 2.45) is 0 Å². The van der Waals surface area contributed by atoms with Crippen LogP contribution in [0.15, 0.2) is 53.3 Å². The van der Waals surface area contributed by atoms with Gasteiger partial charge in [0.2, 0.25) is 5.95 Å². The zero-order valence-corrected chi connectivity index (χ0v) is 16.8. The lowest BCUT2D eigenvalue weighted by molar-refractivity contribution is 0.203. The average molecular weight is 460 g/mol. The van der Waals surface area contributed by atoms with Crippen LogP contribution in [0.2, 0.25) is 0 Å². The molecule has 0 aliphatic heterocycles. The second-order valence-corrected chi connectivity index (χ2v) is 7.07. The van der Waals surface area contributed by atoms with Gasteiger partial charge in [0.15, 0.2) is 5.65 Å². The molecule has 0 saturated carbocycles. The van der Waals surface area contributed by atoms with Crippen LogP contribution in [-0.2, 0) is 0 Å². The van der Waals surface area contributed by atoms with E-state index in [1.54, 1.807) is 0 Å². The van der Waals surface area contributed by atoms with E-state index in [1.165, 1.54) is 6.07 Å². The number of pyridine rings is 1. The van der Waals surface area contributed by atoms with Crippen LogP contribution >= 0.6 is 0 Å². The molecule has 2 aromatic heterocycles. The number of halogens is 4. The number of benzene rings is 2. The standard InChI is InChI=1S/C22H16F4N4O3/c23-11-1-3-14(16(25)7-11)20-15-4-6-19(33)30(18-5-2-12(24)8-17(18)26)21(15)29-22(28-20)27-13(9-31)10-32/h1-8,13,31-32H,9-10H2,(H,27,28,29). The zero-order valence-electron chi connectivity index (χ0n) is 16.8. The van der Waals surface area contributed by atoms with Crippen molar-refractivity contribution in [2.75, 3.05) is 18.5 Å².